The average molecular weight is 805 g/mol. The van der Waals surface area contributed by atoms with Crippen LogP contribution in [0.15, 0.2) is 164 Å². The van der Waals surface area contributed by atoms with Gasteiger partial charge in [0.1, 0.15) is 0 Å². The van der Waals surface area contributed by atoms with Gasteiger partial charge in [-0.2, -0.15) is 23.7 Å². The zero-order valence-electron chi connectivity index (χ0n) is 32.4. The fraction of sp³-hybridized carbons (Fsp3) is 0.0189. The van der Waals surface area contributed by atoms with Gasteiger partial charge in [0.2, 0.25) is 5.69 Å². The Morgan fingerprint density at radius 3 is 1.66 bits per heavy atom. The second-order valence-electron chi connectivity index (χ2n) is 14.9. The Hall–Kier alpha value is -8.89. The average Bonchev–Trinajstić information content (AvgIpc) is 3.82. The van der Waals surface area contributed by atoms with Crippen LogP contribution >= 0.6 is 0 Å². The zero-order chi connectivity index (χ0) is 42.7. The van der Waals surface area contributed by atoms with Gasteiger partial charge in [-0.25, -0.2) is 9.69 Å². The lowest BCUT2D eigenvalue weighted by Gasteiger charge is -2.21. The minimum atomic E-state index is -4.74. The van der Waals surface area contributed by atoms with Crippen molar-refractivity contribution < 1.29 is 13.2 Å². The fourth-order valence-electron chi connectivity index (χ4n) is 8.66. The van der Waals surface area contributed by atoms with Gasteiger partial charge in [0.05, 0.1) is 75.4 Å². The molecule has 0 N–H and O–H groups in total. The normalized spacial score (nSPS) is 11.4. The van der Waals surface area contributed by atoms with E-state index in [4.69, 9.17) is 13.1 Å². The molecule has 10 rings (SSSR count). The van der Waals surface area contributed by atoms with E-state index in [0.29, 0.717) is 33.7 Å². The monoisotopic (exact) mass is 804 g/mol. The summed E-state index contributed by atoms with van der Waals surface area (Å²) in [6.45, 7) is 16.5. The molecular formula is C53H27F3N6. The van der Waals surface area contributed by atoms with Gasteiger partial charge in [-0.05, 0) is 112 Å². The second kappa shape index (κ2) is 14.4. The van der Waals surface area contributed by atoms with Crippen LogP contribution in [0.3, 0.4) is 0 Å². The number of benzene rings is 8. The molecule has 0 unspecified atom stereocenters. The number of hydrogen-bond donors (Lipinski definition) is 0. The van der Waals surface area contributed by atoms with Crippen LogP contribution < -0.4 is 0 Å². The lowest BCUT2D eigenvalue weighted by molar-refractivity contribution is -0.137. The maximum absolute atomic E-state index is 14.5. The Morgan fingerprint density at radius 1 is 0.468 bits per heavy atom. The van der Waals surface area contributed by atoms with Crippen molar-refractivity contribution in [1.29, 1.82) is 10.5 Å². The van der Waals surface area contributed by atoms with Crippen molar-refractivity contribution in [2.45, 2.75) is 6.18 Å². The van der Waals surface area contributed by atoms with Crippen LogP contribution in [0, 0.1) is 35.8 Å². The van der Waals surface area contributed by atoms with Crippen molar-refractivity contribution in [2.75, 3.05) is 0 Å². The molecule has 2 heterocycles. The molecule has 62 heavy (non-hydrogen) atoms. The summed E-state index contributed by atoms with van der Waals surface area (Å²) in [5, 5.41) is 23.1. The van der Waals surface area contributed by atoms with E-state index in [-0.39, 0.29) is 16.8 Å². The van der Waals surface area contributed by atoms with Crippen LogP contribution in [0.2, 0.25) is 0 Å². The topological polar surface area (TPSA) is 66.2 Å². The highest BCUT2D eigenvalue weighted by atomic mass is 19.4. The number of nitriles is 2. The SMILES string of the molecule is [C-]#[N+]c1cccc(-c2ccc3c(c2)c2ccccc2n3-c2ccc(-c3cc(C#N)cc(C(F)(F)F)c3)c(-n3c4ccccc4c4cc(-c5cccc(C#N)c5)ccc43)c2[N+]#[C-])c1. The lowest BCUT2D eigenvalue weighted by atomic mass is 9.96. The van der Waals surface area contributed by atoms with Crippen molar-refractivity contribution in [3.05, 3.63) is 203 Å². The minimum Gasteiger partial charge on any atom is -0.319 e. The molecule has 0 amide bonds. The summed E-state index contributed by atoms with van der Waals surface area (Å²) in [5.41, 5.74) is 7.95. The fourth-order valence-corrected chi connectivity index (χ4v) is 8.66. The van der Waals surface area contributed by atoms with Crippen molar-refractivity contribution in [2.24, 2.45) is 0 Å². The van der Waals surface area contributed by atoms with Crippen LogP contribution in [-0.2, 0) is 6.18 Å². The molecule has 0 fully saturated rings. The molecule has 0 spiro atoms. The zero-order valence-corrected chi connectivity index (χ0v) is 32.4. The number of alkyl halides is 3. The van der Waals surface area contributed by atoms with Crippen LogP contribution in [0.1, 0.15) is 16.7 Å². The number of rotatable bonds is 5. The molecule has 0 saturated carbocycles. The summed E-state index contributed by atoms with van der Waals surface area (Å²) < 4.78 is 47.4. The Balaban J connectivity index is 1.31. The molecule has 8 aromatic carbocycles. The van der Waals surface area contributed by atoms with Crippen molar-refractivity contribution in [1.82, 2.24) is 9.13 Å². The number of hydrogen-bond acceptors (Lipinski definition) is 2. The third kappa shape index (κ3) is 6.01. The summed E-state index contributed by atoms with van der Waals surface area (Å²) >= 11 is 0. The van der Waals surface area contributed by atoms with Gasteiger partial charge in [0.15, 0.2) is 5.69 Å². The molecule has 2 aromatic heterocycles. The van der Waals surface area contributed by atoms with Gasteiger partial charge < -0.3 is 9.13 Å². The van der Waals surface area contributed by atoms with Gasteiger partial charge >= 0.3 is 6.18 Å². The first kappa shape index (κ1) is 37.4. The Labute approximate surface area is 353 Å². The van der Waals surface area contributed by atoms with Gasteiger partial charge in [-0.3, -0.25) is 0 Å². The third-order valence-electron chi connectivity index (χ3n) is 11.4. The van der Waals surface area contributed by atoms with Crippen molar-refractivity contribution >= 4 is 55.0 Å². The minimum absolute atomic E-state index is 0.132. The van der Waals surface area contributed by atoms with Crippen LogP contribution in [0.25, 0.3) is 98.1 Å². The van der Waals surface area contributed by atoms with Crippen LogP contribution in [0.4, 0.5) is 24.5 Å². The number of para-hydroxylation sites is 2. The maximum atomic E-state index is 14.5. The maximum Gasteiger partial charge on any atom is 0.416 e. The van der Waals surface area contributed by atoms with Gasteiger partial charge in [-0.15, -0.1) is 0 Å². The quantitative estimate of drug-likeness (QED) is 0.163. The summed E-state index contributed by atoms with van der Waals surface area (Å²) in [6.07, 6.45) is -4.74. The van der Waals surface area contributed by atoms with E-state index in [0.717, 1.165) is 72.5 Å². The summed E-state index contributed by atoms with van der Waals surface area (Å²) in [6, 6.07) is 53.2. The van der Waals surface area contributed by atoms with E-state index in [1.165, 1.54) is 6.07 Å². The first-order valence-corrected chi connectivity index (χ1v) is 19.4. The molecule has 0 radical (unpaired) electrons. The number of nitrogens with zero attached hydrogens (tertiary/aromatic N) is 6. The predicted molar refractivity (Wildman–Crippen MR) is 238 cm³/mol. The first-order chi connectivity index (χ1) is 30.2. The summed E-state index contributed by atoms with van der Waals surface area (Å²) in [7, 11) is 0. The van der Waals surface area contributed by atoms with Crippen LogP contribution in [0.5, 0.6) is 0 Å². The number of halogens is 3. The summed E-state index contributed by atoms with van der Waals surface area (Å²) in [4.78, 5) is 7.85. The molecular weight excluding hydrogens is 778 g/mol. The van der Waals surface area contributed by atoms with E-state index >= 15 is 0 Å². The highest BCUT2D eigenvalue weighted by Crippen LogP contribution is 2.47. The van der Waals surface area contributed by atoms with E-state index in [9.17, 15) is 23.7 Å². The highest BCUT2D eigenvalue weighted by Gasteiger charge is 2.32. The molecule has 0 aliphatic rings. The smallest absolute Gasteiger partial charge is 0.319 e. The Morgan fingerprint density at radius 2 is 1.03 bits per heavy atom. The molecule has 0 bridgehead atoms. The first-order valence-electron chi connectivity index (χ1n) is 19.4. The number of fused-ring (bicyclic) bond motifs is 6. The van der Waals surface area contributed by atoms with Gasteiger partial charge in [0.25, 0.3) is 0 Å². The third-order valence-corrected chi connectivity index (χ3v) is 11.4. The molecule has 0 aliphatic heterocycles. The molecule has 6 nitrogen and oxygen atoms in total. The van der Waals surface area contributed by atoms with Gasteiger partial charge in [-0.1, -0.05) is 84.9 Å². The molecule has 0 aliphatic carbocycles. The standard InChI is InChI=1S/C53H27F3N6/c1-59-40-12-8-11-35(27-40)37-17-20-48-44(29-37)42-13-3-5-15-46(42)61(48)50-22-19-41(38-24-33(31-58)25-39(26-38)53(54,55)56)52(51(50)60-2)62-47-16-6-4-14-43(47)45-28-36(18-21-49(45)62)34-10-7-9-32(23-34)30-57/h3-29H. The largest absolute Gasteiger partial charge is 0.416 e. The number of aromatic nitrogens is 2. The van der Waals surface area contributed by atoms with E-state index in [2.05, 4.69) is 21.8 Å². The molecule has 290 valence electrons. The van der Waals surface area contributed by atoms with E-state index in [1.54, 1.807) is 24.3 Å². The molecule has 0 saturated heterocycles. The van der Waals surface area contributed by atoms with Crippen molar-refractivity contribution in [3.63, 3.8) is 0 Å². The van der Waals surface area contributed by atoms with Crippen LogP contribution in [-0.4, -0.2) is 9.13 Å². The Kier molecular flexibility index (Phi) is 8.70. The Bertz CT molecular complexity index is 3690. The molecule has 9 heteroatoms. The van der Waals surface area contributed by atoms with E-state index in [1.807, 2.05) is 130 Å². The summed E-state index contributed by atoms with van der Waals surface area (Å²) in [5.74, 6) is 0. The van der Waals surface area contributed by atoms with Gasteiger partial charge in [0, 0.05) is 21.5 Å². The lowest BCUT2D eigenvalue weighted by Crippen LogP contribution is -2.07. The molecule has 0 atom stereocenters. The second-order valence-corrected chi connectivity index (χ2v) is 14.9. The predicted octanol–water partition coefficient (Wildman–Crippen LogP) is 14.7. The highest BCUT2D eigenvalue weighted by molar-refractivity contribution is 6.14. The van der Waals surface area contributed by atoms with Crippen molar-refractivity contribution in [3.8, 4) is 56.9 Å². The van der Waals surface area contributed by atoms with E-state index < -0.39 is 11.7 Å². The molecule has 10 aromatic rings.